The van der Waals surface area contributed by atoms with Gasteiger partial charge in [0.2, 0.25) is 5.91 Å². The Morgan fingerprint density at radius 1 is 1.21 bits per heavy atom. The van der Waals surface area contributed by atoms with Gasteiger partial charge >= 0.3 is 5.69 Å². The number of rotatable bonds is 7. The number of benzene rings is 1. The van der Waals surface area contributed by atoms with Crippen LogP contribution in [0, 0.1) is 0 Å². The number of hydrogen-bond acceptors (Lipinski definition) is 7. The molecule has 0 spiro atoms. The van der Waals surface area contributed by atoms with E-state index >= 15 is 0 Å². The smallest absolute Gasteiger partial charge is 0.350 e. The van der Waals surface area contributed by atoms with E-state index < -0.39 is 5.69 Å². The van der Waals surface area contributed by atoms with Crippen LogP contribution in [0.1, 0.15) is 55.2 Å². The molecule has 1 saturated heterocycles. The van der Waals surface area contributed by atoms with E-state index in [0.717, 1.165) is 17.5 Å². The van der Waals surface area contributed by atoms with Gasteiger partial charge in [-0.05, 0) is 43.0 Å². The summed E-state index contributed by atoms with van der Waals surface area (Å²) in [6.07, 6.45) is 4.50. The van der Waals surface area contributed by atoms with E-state index in [9.17, 15) is 14.4 Å². The van der Waals surface area contributed by atoms with Crippen molar-refractivity contribution in [2.45, 2.75) is 46.1 Å². The van der Waals surface area contributed by atoms with Gasteiger partial charge in [-0.1, -0.05) is 63.2 Å². The standard InChI is InChI=1S/C32H33ClN6O3/c1-6-21-12-13-34-27(19(3)4)29(21)39-31-24(16-25(33)28(35-31)23-11-9-8-10-22(23)18-40)30(36-32(39)42)38-15-14-37(17-20(38)5)26(41)7-2/h7-13,16,18-20H,2,6,14-15,17H2,1,3-5H3/t20-/m0/s1/i41+2. The third-order valence-electron chi connectivity index (χ3n) is 7.72. The maximum atomic E-state index is 14.1. The number of aromatic nitrogens is 4. The zero-order valence-electron chi connectivity index (χ0n) is 24.2. The van der Waals surface area contributed by atoms with Crippen LogP contribution in [0.3, 0.4) is 0 Å². The molecule has 0 aliphatic carbocycles. The predicted octanol–water partition coefficient (Wildman–Crippen LogP) is 5.22. The van der Waals surface area contributed by atoms with Crippen molar-refractivity contribution in [2.24, 2.45) is 0 Å². The molecule has 0 N–H and O–H groups in total. The van der Waals surface area contributed by atoms with E-state index in [-0.39, 0.29) is 17.9 Å². The molecule has 10 heteroatoms. The molecule has 5 rings (SSSR count). The molecule has 216 valence electrons. The van der Waals surface area contributed by atoms with Crippen LogP contribution in [-0.4, -0.2) is 62.3 Å². The van der Waals surface area contributed by atoms with E-state index in [4.69, 9.17) is 16.6 Å². The fourth-order valence-corrected chi connectivity index (χ4v) is 5.86. The molecule has 3 aromatic heterocycles. The van der Waals surface area contributed by atoms with Crippen LogP contribution in [0.5, 0.6) is 0 Å². The lowest BCUT2D eigenvalue weighted by Gasteiger charge is -2.40. The quantitative estimate of drug-likeness (QED) is 0.166. The summed E-state index contributed by atoms with van der Waals surface area (Å²) in [5.41, 5.74) is 3.60. The predicted molar refractivity (Wildman–Crippen MR) is 166 cm³/mol. The molecule has 4 aromatic rings. The molecule has 9 nitrogen and oxygen atoms in total. The number of piperazine rings is 1. The fourth-order valence-electron chi connectivity index (χ4n) is 5.61. The van der Waals surface area contributed by atoms with Gasteiger partial charge in [0.25, 0.3) is 0 Å². The van der Waals surface area contributed by atoms with Crippen molar-refractivity contribution in [3.8, 4) is 16.9 Å². The van der Waals surface area contributed by atoms with E-state index in [2.05, 4.69) is 16.5 Å². The van der Waals surface area contributed by atoms with Crippen molar-refractivity contribution in [3.05, 3.63) is 87.6 Å². The van der Waals surface area contributed by atoms with Crippen molar-refractivity contribution in [3.63, 3.8) is 0 Å². The van der Waals surface area contributed by atoms with Gasteiger partial charge in [0, 0.05) is 43.0 Å². The normalized spacial score (nSPS) is 15.3. The second kappa shape index (κ2) is 11.9. The molecule has 4 heterocycles. The minimum absolute atomic E-state index is 0.0196. The van der Waals surface area contributed by atoms with Crippen LogP contribution in [0.15, 0.2) is 60.0 Å². The largest absolute Gasteiger partial charge is 0.355 e. The Bertz CT molecular complexity index is 1770. The highest BCUT2D eigenvalue weighted by Crippen LogP contribution is 2.36. The van der Waals surface area contributed by atoms with Crippen LogP contribution < -0.4 is 10.6 Å². The summed E-state index contributed by atoms with van der Waals surface area (Å²) in [6.45, 7) is 13.0. The first-order valence-electron chi connectivity index (χ1n) is 14.0. The first-order chi connectivity index (χ1) is 20.2. The van der Waals surface area contributed by atoms with Gasteiger partial charge < -0.3 is 9.80 Å². The number of hydrogen-bond donors (Lipinski definition) is 0. The summed E-state index contributed by atoms with van der Waals surface area (Å²) in [5.74, 6) is 0.330. The number of halogens is 1. The van der Waals surface area contributed by atoms with Crippen LogP contribution in [0.2, 0.25) is 5.02 Å². The summed E-state index contributed by atoms with van der Waals surface area (Å²) < 4.78 is 1.53. The Hall–Kier alpha value is -4.37. The third-order valence-corrected chi connectivity index (χ3v) is 8.01. The summed E-state index contributed by atoms with van der Waals surface area (Å²) in [6, 6.07) is 10.6. The summed E-state index contributed by atoms with van der Waals surface area (Å²) in [4.78, 5) is 56.4. The Labute approximate surface area is 249 Å². The Balaban J connectivity index is 1.84. The number of pyridine rings is 2. The monoisotopic (exact) mass is 586 g/mol. The van der Waals surface area contributed by atoms with Crippen LogP contribution >= 0.6 is 11.6 Å². The molecule has 0 unspecified atom stereocenters. The Morgan fingerprint density at radius 3 is 2.64 bits per heavy atom. The van der Waals surface area contributed by atoms with E-state index in [1.165, 1.54) is 10.6 Å². The van der Waals surface area contributed by atoms with Gasteiger partial charge in [-0.15, -0.1) is 0 Å². The number of fused-ring (bicyclic) bond motifs is 1. The maximum Gasteiger partial charge on any atom is 0.355 e. The number of carbonyl (C=O) groups excluding carboxylic acids is 2. The lowest BCUT2D eigenvalue weighted by molar-refractivity contribution is -0.126. The van der Waals surface area contributed by atoms with Crippen molar-refractivity contribution in [1.29, 1.82) is 0 Å². The molecular formula is C32H33ClN6O3. The highest BCUT2D eigenvalue weighted by Gasteiger charge is 2.30. The molecule has 1 fully saturated rings. The summed E-state index contributed by atoms with van der Waals surface area (Å²) >= 11 is 6.89. The maximum absolute atomic E-state index is 14.1. The van der Waals surface area contributed by atoms with E-state index in [0.29, 0.717) is 70.4 Å². The minimum atomic E-state index is -0.497. The van der Waals surface area contributed by atoms with Crippen LogP contribution in [-0.2, 0) is 11.2 Å². The molecule has 1 amide bonds. The van der Waals surface area contributed by atoms with Gasteiger partial charge in [-0.3, -0.25) is 14.6 Å². The van der Waals surface area contributed by atoms with E-state index in [1.807, 2.05) is 44.7 Å². The molecule has 0 radical (unpaired) electrons. The second-order valence-electron chi connectivity index (χ2n) is 10.7. The SMILES string of the molecule is C=CC(=[18O])N1CCN(c2nc(=O)n(-c3c(CC)ccnc3C(C)C)c3nc(-c4ccccc4C=O)c(Cl)cc23)[C@@H](C)C1. The summed E-state index contributed by atoms with van der Waals surface area (Å²) in [7, 11) is 0. The first-order valence-corrected chi connectivity index (χ1v) is 14.4. The van der Waals surface area contributed by atoms with Gasteiger partial charge in [-0.25, -0.2) is 14.3 Å². The lowest BCUT2D eigenvalue weighted by atomic mass is 10.0. The van der Waals surface area contributed by atoms with Gasteiger partial charge in [0.05, 0.1) is 27.5 Å². The number of anilines is 1. The van der Waals surface area contributed by atoms with Crippen molar-refractivity contribution in [1.82, 2.24) is 24.4 Å². The van der Waals surface area contributed by atoms with Crippen molar-refractivity contribution >= 4 is 40.6 Å². The van der Waals surface area contributed by atoms with Crippen molar-refractivity contribution < 1.29 is 9.59 Å². The van der Waals surface area contributed by atoms with Crippen LogP contribution in [0.25, 0.3) is 28.0 Å². The first kappa shape index (κ1) is 29.1. The average molecular weight is 587 g/mol. The molecular weight excluding hydrogens is 554 g/mol. The molecule has 0 bridgehead atoms. The summed E-state index contributed by atoms with van der Waals surface area (Å²) in [5, 5.41) is 0.909. The van der Waals surface area contributed by atoms with Crippen LogP contribution in [0.4, 0.5) is 5.82 Å². The topological polar surface area (TPSA) is 101 Å². The van der Waals surface area contributed by atoms with Crippen molar-refractivity contribution in [2.75, 3.05) is 24.5 Å². The fraction of sp³-hybridized carbons (Fsp3) is 0.312. The minimum Gasteiger partial charge on any atom is -0.350 e. The van der Waals surface area contributed by atoms with Gasteiger partial charge in [0.1, 0.15) is 5.82 Å². The highest BCUT2D eigenvalue weighted by atomic mass is 35.5. The number of nitrogens with zero attached hydrogens (tertiary/aromatic N) is 6. The second-order valence-corrected chi connectivity index (χ2v) is 11.1. The molecule has 42 heavy (non-hydrogen) atoms. The molecule has 0 saturated carbocycles. The van der Waals surface area contributed by atoms with E-state index in [1.54, 1.807) is 35.4 Å². The third kappa shape index (κ3) is 5.09. The molecule has 1 aromatic carbocycles. The van der Waals surface area contributed by atoms with Gasteiger partial charge in [-0.2, -0.15) is 4.98 Å². The van der Waals surface area contributed by atoms with Gasteiger partial charge in [0.15, 0.2) is 11.9 Å². The average Bonchev–Trinajstić information content (AvgIpc) is 2.99. The molecule has 1 atom stereocenters. The Kier molecular flexibility index (Phi) is 8.22. The number of aldehydes is 1. The zero-order chi connectivity index (χ0) is 30.1. The number of aryl methyl sites for hydroxylation is 1. The number of amides is 1. The molecule has 1 aliphatic heterocycles. The molecule has 1 aliphatic rings. The number of carbonyl (C=O) groups is 2. The Morgan fingerprint density at radius 2 is 1.98 bits per heavy atom. The highest BCUT2D eigenvalue weighted by molar-refractivity contribution is 6.34. The zero-order valence-corrected chi connectivity index (χ0v) is 24.9. The lowest BCUT2D eigenvalue weighted by Crippen LogP contribution is -2.54.